The molecule has 0 bridgehead atoms. The van der Waals surface area contributed by atoms with Crippen molar-refractivity contribution < 1.29 is 9.59 Å². The van der Waals surface area contributed by atoms with Gasteiger partial charge in [0, 0.05) is 49.9 Å². The van der Waals surface area contributed by atoms with E-state index in [1.54, 1.807) is 0 Å². The van der Waals surface area contributed by atoms with E-state index in [4.69, 9.17) is 0 Å². The fraction of sp³-hybridized carbons (Fsp3) is 0.333. The zero-order valence-electron chi connectivity index (χ0n) is 14.8. The third-order valence-corrected chi connectivity index (χ3v) is 4.84. The molecule has 1 aliphatic heterocycles. The lowest BCUT2D eigenvalue weighted by atomic mass is 9.88. The highest BCUT2D eigenvalue weighted by atomic mass is 16.2. The summed E-state index contributed by atoms with van der Waals surface area (Å²) in [5.41, 5.74) is 2.56. The molecule has 1 aliphatic rings. The predicted molar refractivity (Wildman–Crippen MR) is 100 cm³/mol. The van der Waals surface area contributed by atoms with Crippen molar-refractivity contribution in [2.45, 2.75) is 12.8 Å². The molecule has 1 saturated heterocycles. The molecule has 3 rings (SSSR count). The number of carbonyl (C=O) groups excluding carboxylic acids is 2. The number of amides is 1. The van der Waals surface area contributed by atoms with Crippen LogP contribution in [0.5, 0.6) is 0 Å². The van der Waals surface area contributed by atoms with E-state index in [1.165, 1.54) is 0 Å². The van der Waals surface area contributed by atoms with Gasteiger partial charge in [-0.05, 0) is 49.2 Å². The average Bonchev–Trinajstić information content (AvgIpc) is 2.67. The van der Waals surface area contributed by atoms with Crippen LogP contribution in [0, 0.1) is 5.92 Å². The molecule has 2 aromatic rings. The second-order valence-electron chi connectivity index (χ2n) is 6.74. The van der Waals surface area contributed by atoms with Crippen LogP contribution in [-0.4, -0.2) is 43.8 Å². The fourth-order valence-electron chi connectivity index (χ4n) is 3.27. The van der Waals surface area contributed by atoms with E-state index in [1.807, 2.05) is 78.5 Å². The van der Waals surface area contributed by atoms with Crippen LogP contribution in [0.25, 0.3) is 0 Å². The van der Waals surface area contributed by atoms with Crippen molar-refractivity contribution in [2.24, 2.45) is 5.92 Å². The topological polar surface area (TPSA) is 40.6 Å². The van der Waals surface area contributed by atoms with E-state index in [-0.39, 0.29) is 17.6 Å². The number of piperidine rings is 1. The van der Waals surface area contributed by atoms with Gasteiger partial charge in [-0.25, -0.2) is 0 Å². The number of Topliss-reactive ketones (excluding diaryl/α,β-unsaturated/α-hetero) is 1. The SMILES string of the molecule is CN(C)c1ccc(C(=O)C2CCN(C(=O)c3ccccc3)CC2)cc1. The molecule has 0 radical (unpaired) electrons. The van der Waals surface area contributed by atoms with Gasteiger partial charge in [-0.1, -0.05) is 18.2 Å². The molecule has 0 aromatic heterocycles. The molecule has 25 heavy (non-hydrogen) atoms. The van der Waals surface area contributed by atoms with E-state index in [0.29, 0.717) is 18.7 Å². The summed E-state index contributed by atoms with van der Waals surface area (Å²) in [4.78, 5) is 29.1. The van der Waals surface area contributed by atoms with E-state index in [2.05, 4.69) is 0 Å². The van der Waals surface area contributed by atoms with Crippen molar-refractivity contribution in [1.82, 2.24) is 4.90 Å². The van der Waals surface area contributed by atoms with Gasteiger partial charge in [-0.3, -0.25) is 9.59 Å². The van der Waals surface area contributed by atoms with Crippen molar-refractivity contribution in [1.29, 1.82) is 0 Å². The van der Waals surface area contributed by atoms with Crippen LogP contribution >= 0.6 is 0 Å². The number of nitrogens with zero attached hydrogens (tertiary/aromatic N) is 2. The van der Waals surface area contributed by atoms with Gasteiger partial charge >= 0.3 is 0 Å². The van der Waals surface area contributed by atoms with Gasteiger partial charge in [0.05, 0.1) is 0 Å². The van der Waals surface area contributed by atoms with Crippen molar-refractivity contribution in [2.75, 3.05) is 32.1 Å². The number of likely N-dealkylation sites (tertiary alicyclic amines) is 1. The largest absolute Gasteiger partial charge is 0.378 e. The summed E-state index contributed by atoms with van der Waals surface area (Å²) >= 11 is 0. The Bertz CT molecular complexity index is 730. The van der Waals surface area contributed by atoms with Crippen LogP contribution in [0.4, 0.5) is 5.69 Å². The van der Waals surface area contributed by atoms with Crippen LogP contribution in [0.1, 0.15) is 33.6 Å². The molecule has 1 amide bonds. The summed E-state index contributed by atoms with van der Waals surface area (Å²) in [6.07, 6.45) is 1.46. The molecule has 0 aliphatic carbocycles. The second kappa shape index (κ2) is 7.51. The maximum Gasteiger partial charge on any atom is 0.253 e. The van der Waals surface area contributed by atoms with Crippen LogP contribution in [-0.2, 0) is 0 Å². The van der Waals surface area contributed by atoms with Gasteiger partial charge in [-0.15, -0.1) is 0 Å². The van der Waals surface area contributed by atoms with Crippen LogP contribution in [0.15, 0.2) is 54.6 Å². The van der Waals surface area contributed by atoms with E-state index >= 15 is 0 Å². The number of anilines is 1. The quantitative estimate of drug-likeness (QED) is 0.803. The summed E-state index contributed by atoms with van der Waals surface area (Å²) < 4.78 is 0. The molecule has 0 saturated carbocycles. The zero-order chi connectivity index (χ0) is 17.8. The molecule has 0 N–H and O–H groups in total. The standard InChI is InChI=1S/C21H24N2O2/c1-22(2)19-10-8-16(9-11-19)20(24)17-12-14-23(15-13-17)21(25)18-6-4-3-5-7-18/h3-11,17H,12-15H2,1-2H3. The Morgan fingerprint density at radius 2 is 1.48 bits per heavy atom. The first kappa shape index (κ1) is 17.2. The van der Waals surface area contributed by atoms with Crippen molar-refractivity contribution in [3.05, 3.63) is 65.7 Å². The molecular formula is C21H24N2O2. The van der Waals surface area contributed by atoms with E-state index < -0.39 is 0 Å². The highest BCUT2D eigenvalue weighted by Crippen LogP contribution is 2.24. The van der Waals surface area contributed by atoms with Gasteiger partial charge < -0.3 is 9.80 Å². The Morgan fingerprint density at radius 3 is 2.04 bits per heavy atom. The maximum absolute atomic E-state index is 12.7. The van der Waals surface area contributed by atoms with Crippen LogP contribution < -0.4 is 4.90 Å². The molecule has 130 valence electrons. The van der Waals surface area contributed by atoms with E-state index in [0.717, 1.165) is 24.1 Å². The lowest BCUT2D eigenvalue weighted by Gasteiger charge is -2.31. The summed E-state index contributed by atoms with van der Waals surface area (Å²) in [5, 5.41) is 0. The van der Waals surface area contributed by atoms with Crippen molar-refractivity contribution in [3.63, 3.8) is 0 Å². The number of carbonyl (C=O) groups is 2. The number of rotatable bonds is 4. The first-order valence-corrected chi connectivity index (χ1v) is 8.72. The lowest BCUT2D eigenvalue weighted by Crippen LogP contribution is -2.40. The number of ketones is 1. The highest BCUT2D eigenvalue weighted by molar-refractivity contribution is 5.98. The first-order chi connectivity index (χ1) is 12.1. The molecule has 0 atom stereocenters. The monoisotopic (exact) mass is 336 g/mol. The molecule has 0 spiro atoms. The molecular weight excluding hydrogens is 312 g/mol. The normalized spacial score (nSPS) is 15.0. The summed E-state index contributed by atoms with van der Waals surface area (Å²) in [7, 11) is 3.96. The Morgan fingerprint density at radius 1 is 0.880 bits per heavy atom. The molecule has 4 nitrogen and oxygen atoms in total. The molecule has 1 heterocycles. The van der Waals surface area contributed by atoms with Crippen molar-refractivity contribution in [3.8, 4) is 0 Å². The molecule has 4 heteroatoms. The fourth-order valence-corrected chi connectivity index (χ4v) is 3.27. The van der Waals surface area contributed by atoms with Gasteiger partial charge in [-0.2, -0.15) is 0 Å². The minimum atomic E-state index is 0.00466. The predicted octanol–water partition coefficient (Wildman–Crippen LogP) is 3.49. The van der Waals surface area contributed by atoms with Gasteiger partial charge in [0.1, 0.15) is 0 Å². The second-order valence-corrected chi connectivity index (χ2v) is 6.74. The van der Waals surface area contributed by atoms with E-state index in [9.17, 15) is 9.59 Å². The molecule has 1 fully saturated rings. The first-order valence-electron chi connectivity index (χ1n) is 8.72. The number of hydrogen-bond acceptors (Lipinski definition) is 3. The van der Waals surface area contributed by atoms with Crippen molar-refractivity contribution >= 4 is 17.4 Å². The van der Waals surface area contributed by atoms with Crippen LogP contribution in [0.2, 0.25) is 0 Å². The van der Waals surface area contributed by atoms with Gasteiger partial charge in [0.15, 0.2) is 5.78 Å². The maximum atomic E-state index is 12.7. The highest BCUT2D eigenvalue weighted by Gasteiger charge is 2.28. The van der Waals surface area contributed by atoms with Crippen LogP contribution in [0.3, 0.4) is 0 Å². The summed E-state index contributed by atoms with van der Waals surface area (Å²) in [6, 6.07) is 17.1. The number of hydrogen-bond donors (Lipinski definition) is 0. The summed E-state index contributed by atoms with van der Waals surface area (Å²) in [6.45, 7) is 1.28. The molecule has 2 aromatic carbocycles. The smallest absolute Gasteiger partial charge is 0.253 e. The van der Waals surface area contributed by atoms with Gasteiger partial charge in [0.2, 0.25) is 0 Å². The van der Waals surface area contributed by atoms with Gasteiger partial charge in [0.25, 0.3) is 5.91 Å². The minimum Gasteiger partial charge on any atom is -0.378 e. The Balaban J connectivity index is 1.60. The average molecular weight is 336 g/mol. The number of benzene rings is 2. The third-order valence-electron chi connectivity index (χ3n) is 4.84. The zero-order valence-corrected chi connectivity index (χ0v) is 14.8. The Labute approximate surface area is 149 Å². The third kappa shape index (κ3) is 3.90. The minimum absolute atomic E-state index is 0.00466. The molecule has 0 unspecified atom stereocenters. The summed E-state index contributed by atoms with van der Waals surface area (Å²) in [5.74, 6) is 0.254. The Hall–Kier alpha value is -2.62. The Kier molecular flexibility index (Phi) is 5.17. The lowest BCUT2D eigenvalue weighted by molar-refractivity contribution is 0.0650.